The van der Waals surface area contributed by atoms with Crippen LogP contribution < -0.4 is 15.8 Å². The van der Waals surface area contributed by atoms with Gasteiger partial charge in [0.1, 0.15) is 16.3 Å². The molecule has 0 bridgehead atoms. The van der Waals surface area contributed by atoms with Gasteiger partial charge < -0.3 is 25.3 Å². The minimum absolute atomic E-state index is 0.295. The number of thiocarbonyl (C=S) groups is 1. The summed E-state index contributed by atoms with van der Waals surface area (Å²) < 4.78 is 16.2. The van der Waals surface area contributed by atoms with Crippen LogP contribution in [0.4, 0.5) is 5.69 Å². The molecule has 0 aliphatic carbocycles. The third-order valence-electron chi connectivity index (χ3n) is 3.59. The summed E-state index contributed by atoms with van der Waals surface area (Å²) in [5, 5.41) is 3.35. The number of nitrogens with one attached hydrogen (secondary N) is 1. The Balaban J connectivity index is 2.16. The summed E-state index contributed by atoms with van der Waals surface area (Å²) in [5.41, 5.74) is 7.10. The van der Waals surface area contributed by atoms with E-state index in [-0.39, 0.29) is 5.60 Å². The van der Waals surface area contributed by atoms with Crippen LogP contribution in [-0.4, -0.2) is 44.6 Å². The monoisotopic (exact) mass is 296 g/mol. The second kappa shape index (κ2) is 6.39. The molecule has 1 atom stereocenters. The summed E-state index contributed by atoms with van der Waals surface area (Å²) in [5.74, 6) is 0.752. The first-order valence-corrected chi connectivity index (χ1v) is 6.86. The fraction of sp³-hybridized carbons (Fsp3) is 0.500. The van der Waals surface area contributed by atoms with Crippen LogP contribution in [0.3, 0.4) is 0 Å². The van der Waals surface area contributed by atoms with Crippen LogP contribution in [0.2, 0.25) is 0 Å². The first-order chi connectivity index (χ1) is 9.60. The van der Waals surface area contributed by atoms with Gasteiger partial charge in [0.05, 0.1) is 13.7 Å². The molecule has 1 aromatic rings. The van der Waals surface area contributed by atoms with Gasteiger partial charge in [-0.2, -0.15) is 0 Å². The SMILES string of the molecule is COc1ccc(C(N)=S)c(NCC2(OC)CCOC2)c1. The van der Waals surface area contributed by atoms with Gasteiger partial charge >= 0.3 is 0 Å². The highest BCUT2D eigenvalue weighted by Gasteiger charge is 2.34. The number of methoxy groups -OCH3 is 2. The Morgan fingerprint density at radius 2 is 2.30 bits per heavy atom. The highest BCUT2D eigenvalue weighted by Crippen LogP contribution is 2.26. The zero-order valence-electron chi connectivity index (χ0n) is 11.8. The Labute approximate surface area is 124 Å². The Morgan fingerprint density at radius 1 is 1.50 bits per heavy atom. The summed E-state index contributed by atoms with van der Waals surface area (Å²) >= 11 is 5.08. The van der Waals surface area contributed by atoms with E-state index in [9.17, 15) is 0 Å². The molecule has 0 spiro atoms. The second-order valence-corrected chi connectivity index (χ2v) is 5.26. The fourth-order valence-corrected chi connectivity index (χ4v) is 2.41. The molecular formula is C14H20N2O3S. The van der Waals surface area contributed by atoms with Crippen LogP contribution in [-0.2, 0) is 9.47 Å². The van der Waals surface area contributed by atoms with Gasteiger partial charge in [-0.25, -0.2) is 0 Å². The van der Waals surface area contributed by atoms with E-state index in [0.29, 0.717) is 18.1 Å². The van der Waals surface area contributed by atoms with E-state index >= 15 is 0 Å². The molecule has 1 aliphatic heterocycles. The molecule has 110 valence electrons. The third-order valence-corrected chi connectivity index (χ3v) is 3.81. The molecule has 1 aliphatic rings. The smallest absolute Gasteiger partial charge is 0.120 e. The lowest BCUT2D eigenvalue weighted by Gasteiger charge is -2.27. The molecule has 2 rings (SSSR count). The maximum Gasteiger partial charge on any atom is 0.120 e. The van der Waals surface area contributed by atoms with Crippen molar-refractivity contribution in [3.63, 3.8) is 0 Å². The number of hydrogen-bond acceptors (Lipinski definition) is 5. The third kappa shape index (κ3) is 3.20. The van der Waals surface area contributed by atoms with E-state index in [1.54, 1.807) is 14.2 Å². The maximum absolute atomic E-state index is 5.75. The van der Waals surface area contributed by atoms with Gasteiger partial charge in [0.2, 0.25) is 0 Å². The second-order valence-electron chi connectivity index (χ2n) is 4.82. The van der Waals surface area contributed by atoms with Gasteiger partial charge in [0.15, 0.2) is 0 Å². The highest BCUT2D eigenvalue weighted by atomic mass is 32.1. The summed E-state index contributed by atoms with van der Waals surface area (Å²) in [4.78, 5) is 0.351. The predicted octanol–water partition coefficient (Wildman–Crippen LogP) is 1.55. The Kier molecular flexibility index (Phi) is 4.80. The molecule has 20 heavy (non-hydrogen) atoms. The van der Waals surface area contributed by atoms with Crippen molar-refractivity contribution in [1.82, 2.24) is 0 Å². The number of hydrogen-bond donors (Lipinski definition) is 2. The molecule has 1 unspecified atom stereocenters. The molecule has 0 aromatic heterocycles. The molecule has 1 heterocycles. The van der Waals surface area contributed by atoms with Gasteiger partial charge in [-0.3, -0.25) is 0 Å². The van der Waals surface area contributed by atoms with Gasteiger partial charge in [-0.1, -0.05) is 12.2 Å². The maximum atomic E-state index is 5.75. The van der Waals surface area contributed by atoms with Gasteiger partial charge in [0.25, 0.3) is 0 Å². The number of nitrogens with two attached hydrogens (primary N) is 1. The lowest BCUT2D eigenvalue weighted by molar-refractivity contribution is -0.00620. The lowest BCUT2D eigenvalue weighted by Crippen LogP contribution is -2.39. The van der Waals surface area contributed by atoms with Crippen molar-refractivity contribution in [2.24, 2.45) is 5.73 Å². The first-order valence-electron chi connectivity index (χ1n) is 6.45. The van der Waals surface area contributed by atoms with Crippen LogP contribution in [0, 0.1) is 0 Å². The van der Waals surface area contributed by atoms with Gasteiger partial charge in [-0.15, -0.1) is 0 Å². The van der Waals surface area contributed by atoms with Crippen molar-refractivity contribution in [2.75, 3.05) is 39.3 Å². The van der Waals surface area contributed by atoms with Crippen LogP contribution >= 0.6 is 12.2 Å². The quantitative estimate of drug-likeness (QED) is 0.777. The number of benzene rings is 1. The largest absolute Gasteiger partial charge is 0.497 e. The first kappa shape index (κ1) is 15.0. The number of anilines is 1. The Bertz CT molecular complexity index is 487. The average molecular weight is 296 g/mol. The molecule has 3 N–H and O–H groups in total. The Hall–Kier alpha value is -1.37. The summed E-state index contributed by atoms with van der Waals surface area (Å²) in [6.45, 7) is 1.94. The summed E-state index contributed by atoms with van der Waals surface area (Å²) in [7, 11) is 3.33. The minimum Gasteiger partial charge on any atom is -0.497 e. The van der Waals surface area contributed by atoms with E-state index < -0.39 is 0 Å². The van der Waals surface area contributed by atoms with E-state index in [1.807, 2.05) is 18.2 Å². The highest BCUT2D eigenvalue weighted by molar-refractivity contribution is 7.80. The van der Waals surface area contributed by atoms with Crippen molar-refractivity contribution in [2.45, 2.75) is 12.0 Å². The van der Waals surface area contributed by atoms with E-state index in [1.165, 1.54) is 0 Å². The molecule has 1 fully saturated rings. The molecule has 0 amide bonds. The summed E-state index contributed by atoms with van der Waals surface area (Å²) in [6.07, 6.45) is 0.864. The van der Waals surface area contributed by atoms with Crippen LogP contribution in [0.1, 0.15) is 12.0 Å². The summed E-state index contributed by atoms with van der Waals surface area (Å²) in [6, 6.07) is 5.58. The Morgan fingerprint density at radius 3 is 2.85 bits per heavy atom. The van der Waals surface area contributed by atoms with Crippen molar-refractivity contribution < 1.29 is 14.2 Å². The van der Waals surface area contributed by atoms with Gasteiger partial charge in [-0.05, 0) is 12.1 Å². The topological polar surface area (TPSA) is 65.7 Å². The number of ether oxygens (including phenoxy) is 3. The van der Waals surface area contributed by atoms with E-state index in [4.69, 9.17) is 32.2 Å². The van der Waals surface area contributed by atoms with Crippen LogP contribution in [0.5, 0.6) is 5.75 Å². The van der Waals surface area contributed by atoms with Crippen molar-refractivity contribution in [1.29, 1.82) is 0 Å². The zero-order chi connectivity index (χ0) is 14.6. The van der Waals surface area contributed by atoms with Crippen LogP contribution in [0.15, 0.2) is 18.2 Å². The predicted molar refractivity (Wildman–Crippen MR) is 82.5 cm³/mol. The fourth-order valence-electron chi connectivity index (χ4n) is 2.23. The minimum atomic E-state index is -0.295. The van der Waals surface area contributed by atoms with Crippen molar-refractivity contribution >= 4 is 22.9 Å². The average Bonchev–Trinajstić information content (AvgIpc) is 2.94. The van der Waals surface area contributed by atoms with E-state index in [2.05, 4.69) is 5.32 Å². The van der Waals surface area contributed by atoms with Crippen LogP contribution in [0.25, 0.3) is 0 Å². The molecule has 5 nitrogen and oxygen atoms in total. The zero-order valence-corrected chi connectivity index (χ0v) is 12.6. The lowest BCUT2D eigenvalue weighted by atomic mass is 10.0. The standard InChI is InChI=1S/C14H20N2O3S/c1-17-10-3-4-11(13(15)20)12(7-10)16-8-14(18-2)5-6-19-9-14/h3-4,7,16H,5-6,8-9H2,1-2H3,(H2,15,20). The molecule has 1 aromatic carbocycles. The molecule has 0 saturated carbocycles. The van der Waals surface area contributed by atoms with Gasteiger partial charge in [0, 0.05) is 44.0 Å². The number of rotatable bonds is 6. The normalized spacial score (nSPS) is 21.7. The van der Waals surface area contributed by atoms with Crippen molar-refractivity contribution in [3.8, 4) is 5.75 Å². The van der Waals surface area contributed by atoms with Crippen molar-refractivity contribution in [3.05, 3.63) is 23.8 Å². The molecule has 6 heteroatoms. The molecular weight excluding hydrogens is 276 g/mol. The molecule has 1 saturated heterocycles. The van der Waals surface area contributed by atoms with E-state index in [0.717, 1.165) is 30.0 Å². The molecule has 0 radical (unpaired) electrons.